The Hall–Kier alpha value is -2.61. The van der Waals surface area contributed by atoms with Crippen LogP contribution in [0.25, 0.3) is 0 Å². The maximum atomic E-state index is 14.1. The SMILES string of the molecule is CCC[C@H](NC(=O)[C@@H]1CCCN1C(=O)[C@@H](NC(=O)NC1(CS(=O)(=O)[NH+](CCC)CCC)CCCCC1)C(C)(C)C)OC(=O)NC1CC1. The summed E-state index contributed by atoms with van der Waals surface area (Å²) in [6, 6.07) is -2.20. The number of hydrogen-bond donors (Lipinski definition) is 5. The molecule has 13 nitrogen and oxygen atoms in total. The lowest BCUT2D eigenvalue weighted by Gasteiger charge is -2.40. The summed E-state index contributed by atoms with van der Waals surface area (Å²) in [4.78, 5) is 55.0. The van der Waals surface area contributed by atoms with Crippen LogP contribution in [0, 0.1) is 5.41 Å². The molecule has 47 heavy (non-hydrogen) atoms. The fourth-order valence-electron chi connectivity index (χ4n) is 6.75. The third-order valence-electron chi connectivity index (χ3n) is 9.38. The number of carbonyl (C=O) groups is 4. The Morgan fingerprint density at radius 2 is 1.55 bits per heavy atom. The van der Waals surface area contributed by atoms with Crippen molar-refractivity contribution in [1.29, 1.82) is 0 Å². The third kappa shape index (κ3) is 11.5. The first-order chi connectivity index (χ1) is 22.1. The van der Waals surface area contributed by atoms with Crippen molar-refractivity contribution in [3.8, 4) is 0 Å². The van der Waals surface area contributed by atoms with Gasteiger partial charge in [0.25, 0.3) is 10.0 Å². The zero-order chi connectivity index (χ0) is 34.8. The van der Waals surface area contributed by atoms with Crippen molar-refractivity contribution in [2.45, 2.75) is 155 Å². The number of amides is 5. The van der Waals surface area contributed by atoms with Gasteiger partial charge in [-0.25, -0.2) is 13.9 Å². The summed E-state index contributed by atoms with van der Waals surface area (Å²) >= 11 is 0. The molecule has 0 unspecified atom stereocenters. The number of rotatable bonds is 16. The minimum absolute atomic E-state index is 0.123. The number of hydrogen-bond acceptors (Lipinski definition) is 7. The lowest BCUT2D eigenvalue weighted by atomic mass is 9.83. The van der Waals surface area contributed by atoms with Gasteiger partial charge in [0, 0.05) is 19.0 Å². The molecule has 5 amide bonds. The van der Waals surface area contributed by atoms with Crippen LogP contribution >= 0.6 is 0 Å². The van der Waals surface area contributed by atoms with E-state index >= 15 is 0 Å². The van der Waals surface area contributed by atoms with E-state index in [4.69, 9.17) is 4.74 Å². The summed E-state index contributed by atoms with van der Waals surface area (Å²) < 4.78 is 33.3. The van der Waals surface area contributed by atoms with Gasteiger partial charge in [0.15, 0.2) is 6.23 Å². The smallest absolute Gasteiger partial charge is 0.409 e. The minimum Gasteiger partial charge on any atom is -0.426 e. The zero-order valence-electron chi connectivity index (χ0n) is 29.5. The van der Waals surface area contributed by atoms with Gasteiger partial charge in [0.05, 0.1) is 18.6 Å². The van der Waals surface area contributed by atoms with Crippen molar-refractivity contribution >= 4 is 34.0 Å². The van der Waals surface area contributed by atoms with Crippen molar-refractivity contribution in [3.05, 3.63) is 0 Å². The van der Waals surface area contributed by atoms with Crippen molar-refractivity contribution in [3.63, 3.8) is 0 Å². The Kier molecular flexibility index (Phi) is 14.2. The first-order valence-electron chi connectivity index (χ1n) is 17.9. The molecule has 270 valence electrons. The van der Waals surface area contributed by atoms with Gasteiger partial charge in [0.2, 0.25) is 11.8 Å². The Labute approximate surface area is 282 Å². The maximum absolute atomic E-state index is 14.1. The Morgan fingerprint density at radius 3 is 2.11 bits per heavy atom. The van der Waals surface area contributed by atoms with Crippen molar-refractivity contribution in [2.75, 3.05) is 25.4 Å². The number of alkyl carbamates (subject to hydrolysis) is 1. The predicted molar refractivity (Wildman–Crippen MR) is 180 cm³/mol. The predicted octanol–water partition coefficient (Wildman–Crippen LogP) is 2.56. The molecule has 2 saturated carbocycles. The number of quaternary nitrogens is 1. The zero-order valence-corrected chi connectivity index (χ0v) is 30.4. The summed E-state index contributed by atoms with van der Waals surface area (Å²) in [5.74, 6) is -0.926. The Morgan fingerprint density at radius 1 is 0.915 bits per heavy atom. The topological polar surface area (TPSA) is 167 Å². The molecule has 1 heterocycles. The molecular weight excluding hydrogens is 624 g/mol. The highest BCUT2D eigenvalue weighted by molar-refractivity contribution is 7.85. The molecular formula is C33H61N6O7S+. The first-order valence-corrected chi connectivity index (χ1v) is 19.5. The molecule has 0 bridgehead atoms. The number of ether oxygens (including phenoxy) is 1. The first kappa shape index (κ1) is 38.8. The van der Waals surface area contributed by atoms with Crippen LogP contribution in [0.4, 0.5) is 9.59 Å². The quantitative estimate of drug-likeness (QED) is 0.156. The van der Waals surface area contributed by atoms with Gasteiger partial charge in [-0.15, -0.1) is 0 Å². The van der Waals surface area contributed by atoms with Gasteiger partial charge in [0.1, 0.15) is 17.8 Å². The molecule has 1 saturated heterocycles. The molecule has 14 heteroatoms. The highest BCUT2D eigenvalue weighted by Crippen LogP contribution is 2.30. The van der Waals surface area contributed by atoms with Gasteiger partial charge >= 0.3 is 12.1 Å². The summed E-state index contributed by atoms with van der Waals surface area (Å²) in [5, 5.41) is 11.5. The monoisotopic (exact) mass is 685 g/mol. The molecule has 0 aromatic heterocycles. The van der Waals surface area contributed by atoms with E-state index in [1.807, 2.05) is 41.5 Å². The molecule has 0 spiro atoms. The lowest BCUT2D eigenvalue weighted by molar-refractivity contribution is -0.767. The second-order valence-corrected chi connectivity index (χ2v) is 16.9. The van der Waals surface area contributed by atoms with E-state index in [2.05, 4.69) is 21.3 Å². The van der Waals surface area contributed by atoms with E-state index in [0.717, 1.165) is 44.9 Å². The Balaban J connectivity index is 1.72. The van der Waals surface area contributed by atoms with Gasteiger partial charge in [-0.2, -0.15) is 8.42 Å². The minimum atomic E-state index is -3.56. The van der Waals surface area contributed by atoms with Crippen LogP contribution in [0.5, 0.6) is 0 Å². The molecule has 3 rings (SSSR count). The van der Waals surface area contributed by atoms with E-state index in [1.54, 1.807) is 0 Å². The number of nitrogens with zero attached hydrogens (tertiary/aromatic N) is 1. The van der Waals surface area contributed by atoms with Crippen LogP contribution < -0.4 is 25.6 Å². The molecule has 5 N–H and O–H groups in total. The van der Waals surface area contributed by atoms with Crippen molar-refractivity contribution in [1.82, 2.24) is 26.2 Å². The largest absolute Gasteiger partial charge is 0.426 e. The van der Waals surface area contributed by atoms with E-state index in [1.165, 1.54) is 4.90 Å². The highest BCUT2D eigenvalue weighted by Gasteiger charge is 2.45. The van der Waals surface area contributed by atoms with E-state index in [-0.39, 0.29) is 17.7 Å². The van der Waals surface area contributed by atoms with Gasteiger partial charge in [-0.3, -0.25) is 9.59 Å². The third-order valence-corrected chi connectivity index (χ3v) is 11.6. The number of carbonyl (C=O) groups excluding carboxylic acids is 4. The fraction of sp³-hybridized carbons (Fsp3) is 0.879. The molecule has 0 aromatic rings. The number of likely N-dealkylation sites (tertiary alicyclic amines) is 1. The van der Waals surface area contributed by atoms with Crippen LogP contribution in [0.2, 0.25) is 0 Å². The van der Waals surface area contributed by atoms with Gasteiger partial charge in [-0.1, -0.05) is 67.2 Å². The summed E-state index contributed by atoms with van der Waals surface area (Å²) in [6.45, 7) is 12.8. The van der Waals surface area contributed by atoms with Crippen LogP contribution in [-0.2, 0) is 24.3 Å². The number of sulfonamides is 1. The Bertz CT molecular complexity index is 1170. The number of urea groups is 1. The standard InChI is InChI=1S/C33H60N6O7S/c1-7-14-26(46-31(43)34-24-16-17-24)35-28(40)25-15-13-22-39(25)29(41)27(32(4,5)6)36-30(42)37-33(18-11-10-12-19-33)23-47(44,45)38(20-8-2)21-9-3/h24-27H,7-23H2,1-6H3,(H,34,43)(H,35,40)(H2,36,37,42)/p+1/t25-,26+,27+/m0/s1. The molecule has 2 aliphatic carbocycles. The van der Waals surface area contributed by atoms with Gasteiger partial charge in [-0.05, 0) is 56.8 Å². The summed E-state index contributed by atoms with van der Waals surface area (Å²) in [5.41, 5.74) is -1.63. The molecule has 3 fully saturated rings. The second-order valence-electron chi connectivity index (χ2n) is 14.8. The van der Waals surface area contributed by atoms with E-state index in [0.29, 0.717) is 62.5 Å². The van der Waals surface area contributed by atoms with Crippen LogP contribution in [-0.4, -0.2) is 92.5 Å². The number of nitrogens with one attached hydrogen (secondary N) is 5. The fourth-order valence-corrected chi connectivity index (χ4v) is 9.08. The van der Waals surface area contributed by atoms with E-state index in [9.17, 15) is 27.6 Å². The lowest BCUT2D eigenvalue weighted by Crippen LogP contribution is -3.14. The molecule has 0 aromatic carbocycles. The average molecular weight is 686 g/mol. The van der Waals surface area contributed by atoms with Gasteiger partial charge < -0.3 is 30.9 Å². The maximum Gasteiger partial charge on any atom is 0.409 e. The van der Waals surface area contributed by atoms with Crippen molar-refractivity contribution in [2.24, 2.45) is 5.41 Å². The molecule has 3 atom stereocenters. The summed E-state index contributed by atoms with van der Waals surface area (Å²) in [6.07, 6.45) is 7.79. The normalized spacial score (nSPS) is 21.1. The highest BCUT2D eigenvalue weighted by atomic mass is 32.2. The summed E-state index contributed by atoms with van der Waals surface area (Å²) in [7, 11) is -3.56. The second kappa shape index (κ2) is 17.2. The molecule has 0 radical (unpaired) electrons. The van der Waals surface area contributed by atoms with E-state index < -0.39 is 57.3 Å². The molecule has 1 aliphatic heterocycles. The molecule has 3 aliphatic rings. The van der Waals surface area contributed by atoms with Crippen LogP contribution in [0.15, 0.2) is 0 Å². The van der Waals surface area contributed by atoms with Crippen molar-refractivity contribution < 1.29 is 36.6 Å². The van der Waals surface area contributed by atoms with Crippen LogP contribution in [0.3, 0.4) is 0 Å². The average Bonchev–Trinajstić information content (AvgIpc) is 3.65. The van der Waals surface area contributed by atoms with Crippen LogP contribution in [0.1, 0.15) is 125 Å².